The summed E-state index contributed by atoms with van der Waals surface area (Å²) < 4.78 is 11.3. The van der Waals surface area contributed by atoms with Crippen molar-refractivity contribution in [3.8, 4) is 0 Å². The zero-order valence-corrected chi connectivity index (χ0v) is 17.6. The van der Waals surface area contributed by atoms with Gasteiger partial charge in [0, 0.05) is 19.8 Å². The number of hydrogen-bond donors (Lipinski definition) is 1. The van der Waals surface area contributed by atoms with Crippen LogP contribution < -0.4 is 5.73 Å². The summed E-state index contributed by atoms with van der Waals surface area (Å²) in [6, 6.07) is 19.7. The maximum atomic E-state index is 13.1. The minimum Gasteiger partial charge on any atom is -0.351 e. The Morgan fingerprint density at radius 1 is 0.897 bits per heavy atom. The van der Waals surface area contributed by atoms with Gasteiger partial charge in [-0.05, 0) is 44.2 Å². The van der Waals surface area contributed by atoms with Crippen LogP contribution in [0, 0.1) is 0 Å². The fourth-order valence-corrected chi connectivity index (χ4v) is 3.23. The summed E-state index contributed by atoms with van der Waals surface area (Å²) in [5.41, 5.74) is 8.66. The Balaban J connectivity index is 2.01. The number of carbonyl (C=O) groups is 1. The van der Waals surface area contributed by atoms with Gasteiger partial charge in [-0.1, -0.05) is 60.7 Å². The smallest absolute Gasteiger partial charge is 0.239 e. The molecule has 0 aliphatic heterocycles. The topological polar surface area (TPSA) is 64.8 Å². The monoisotopic (exact) mass is 398 g/mol. The summed E-state index contributed by atoms with van der Waals surface area (Å²) >= 11 is 0. The second-order valence-electron chi connectivity index (χ2n) is 6.99. The Hall–Kier alpha value is -2.21. The molecule has 1 amide bonds. The highest BCUT2D eigenvalue weighted by molar-refractivity contribution is 5.81. The van der Waals surface area contributed by atoms with Crippen LogP contribution in [0.2, 0.25) is 0 Å². The van der Waals surface area contributed by atoms with Crippen LogP contribution in [0.1, 0.15) is 31.4 Å². The summed E-state index contributed by atoms with van der Waals surface area (Å²) in [7, 11) is 0. The van der Waals surface area contributed by atoms with E-state index in [0.29, 0.717) is 32.7 Å². The van der Waals surface area contributed by atoms with Crippen molar-refractivity contribution in [2.45, 2.75) is 45.4 Å². The number of carbonyl (C=O) groups excluding carboxylic acids is 1. The number of amides is 1. The molecule has 0 heterocycles. The molecule has 5 nitrogen and oxygen atoms in total. The molecule has 0 aromatic heterocycles. The fraction of sp³-hybridized carbons (Fsp3) is 0.458. The van der Waals surface area contributed by atoms with E-state index in [1.807, 2.05) is 50.2 Å². The number of nitrogens with zero attached hydrogens (tertiary/aromatic N) is 1. The highest BCUT2D eigenvalue weighted by atomic mass is 16.7. The molecule has 0 aliphatic rings. The van der Waals surface area contributed by atoms with E-state index in [1.165, 1.54) is 11.1 Å². The van der Waals surface area contributed by atoms with Crippen molar-refractivity contribution in [3.05, 3.63) is 71.8 Å². The SMILES string of the molecule is CCOC(CN(CCc1ccccc1)C(=O)C(N)CCc1ccccc1)OCC. The molecule has 0 bridgehead atoms. The van der Waals surface area contributed by atoms with E-state index in [4.69, 9.17) is 15.2 Å². The zero-order chi connectivity index (χ0) is 20.9. The second kappa shape index (κ2) is 13.1. The standard InChI is InChI=1S/C24H34N2O3/c1-3-28-23(29-4-2)19-26(18-17-21-13-9-6-10-14-21)24(27)22(25)16-15-20-11-7-5-8-12-20/h5-14,22-23H,3-4,15-19,25H2,1-2H3. The number of hydrogen-bond acceptors (Lipinski definition) is 4. The van der Waals surface area contributed by atoms with E-state index >= 15 is 0 Å². The predicted molar refractivity (Wildman–Crippen MR) is 117 cm³/mol. The minimum absolute atomic E-state index is 0.0544. The minimum atomic E-state index is -0.546. The van der Waals surface area contributed by atoms with E-state index in [2.05, 4.69) is 24.3 Å². The number of nitrogens with two attached hydrogens (primary N) is 1. The third-order valence-corrected chi connectivity index (χ3v) is 4.80. The largest absolute Gasteiger partial charge is 0.351 e. The molecule has 0 saturated carbocycles. The van der Waals surface area contributed by atoms with Gasteiger partial charge in [0.15, 0.2) is 6.29 Å². The lowest BCUT2D eigenvalue weighted by Crippen LogP contribution is -2.48. The Morgan fingerprint density at radius 3 is 1.93 bits per heavy atom. The molecule has 1 atom stereocenters. The fourth-order valence-electron chi connectivity index (χ4n) is 3.23. The molecule has 0 aliphatic carbocycles. The van der Waals surface area contributed by atoms with E-state index in [-0.39, 0.29) is 5.91 Å². The highest BCUT2D eigenvalue weighted by Gasteiger charge is 2.24. The van der Waals surface area contributed by atoms with Crippen molar-refractivity contribution in [2.75, 3.05) is 26.3 Å². The van der Waals surface area contributed by atoms with Gasteiger partial charge in [-0.25, -0.2) is 0 Å². The lowest BCUT2D eigenvalue weighted by molar-refractivity contribution is -0.159. The molecule has 29 heavy (non-hydrogen) atoms. The quantitative estimate of drug-likeness (QED) is 0.525. The maximum Gasteiger partial charge on any atom is 0.239 e. The van der Waals surface area contributed by atoms with Gasteiger partial charge < -0.3 is 20.1 Å². The second-order valence-corrected chi connectivity index (χ2v) is 6.99. The van der Waals surface area contributed by atoms with Crippen molar-refractivity contribution < 1.29 is 14.3 Å². The normalized spacial score (nSPS) is 12.1. The third-order valence-electron chi connectivity index (χ3n) is 4.80. The molecule has 2 aromatic carbocycles. The molecule has 2 aromatic rings. The first-order chi connectivity index (χ1) is 14.1. The summed E-state index contributed by atoms with van der Waals surface area (Å²) in [5.74, 6) is -0.0544. The van der Waals surface area contributed by atoms with E-state index < -0.39 is 12.3 Å². The number of aryl methyl sites for hydroxylation is 1. The van der Waals surface area contributed by atoms with Crippen LogP contribution in [-0.2, 0) is 27.1 Å². The lowest BCUT2D eigenvalue weighted by Gasteiger charge is -2.29. The molecule has 2 N–H and O–H groups in total. The molecule has 158 valence electrons. The van der Waals surface area contributed by atoms with E-state index in [1.54, 1.807) is 4.90 Å². The van der Waals surface area contributed by atoms with Gasteiger partial charge in [0.05, 0.1) is 12.6 Å². The Labute approximate surface area is 174 Å². The van der Waals surface area contributed by atoms with Gasteiger partial charge >= 0.3 is 0 Å². The molecule has 0 spiro atoms. The molecular weight excluding hydrogens is 364 g/mol. The first kappa shape index (κ1) is 23.1. The van der Waals surface area contributed by atoms with Crippen LogP contribution in [0.15, 0.2) is 60.7 Å². The Bertz CT molecular complexity index is 688. The summed E-state index contributed by atoms with van der Waals surface area (Å²) in [6.07, 6.45) is 1.72. The zero-order valence-electron chi connectivity index (χ0n) is 17.6. The number of ether oxygens (including phenoxy) is 2. The first-order valence-corrected chi connectivity index (χ1v) is 10.5. The van der Waals surface area contributed by atoms with Crippen molar-refractivity contribution in [1.82, 2.24) is 4.90 Å². The van der Waals surface area contributed by atoms with Crippen LogP contribution >= 0.6 is 0 Å². The lowest BCUT2D eigenvalue weighted by atomic mass is 10.0. The first-order valence-electron chi connectivity index (χ1n) is 10.5. The maximum absolute atomic E-state index is 13.1. The van der Waals surface area contributed by atoms with E-state index in [9.17, 15) is 4.79 Å². The van der Waals surface area contributed by atoms with Crippen LogP contribution in [0.4, 0.5) is 0 Å². The average Bonchev–Trinajstić information content (AvgIpc) is 2.76. The Morgan fingerprint density at radius 2 is 1.41 bits per heavy atom. The molecular formula is C24H34N2O3. The van der Waals surface area contributed by atoms with Crippen molar-refractivity contribution in [2.24, 2.45) is 5.73 Å². The van der Waals surface area contributed by atoms with Crippen molar-refractivity contribution in [1.29, 1.82) is 0 Å². The van der Waals surface area contributed by atoms with Crippen LogP contribution in [0.25, 0.3) is 0 Å². The highest BCUT2D eigenvalue weighted by Crippen LogP contribution is 2.10. The summed E-state index contributed by atoms with van der Waals surface area (Å²) in [6.45, 7) is 5.88. The van der Waals surface area contributed by atoms with Crippen LogP contribution in [0.5, 0.6) is 0 Å². The van der Waals surface area contributed by atoms with Gasteiger partial charge in [-0.2, -0.15) is 0 Å². The molecule has 0 fully saturated rings. The van der Waals surface area contributed by atoms with Gasteiger partial charge in [0.2, 0.25) is 5.91 Å². The van der Waals surface area contributed by atoms with Crippen molar-refractivity contribution >= 4 is 5.91 Å². The molecule has 2 rings (SSSR count). The van der Waals surface area contributed by atoms with Crippen LogP contribution in [-0.4, -0.2) is 49.4 Å². The third kappa shape index (κ3) is 8.36. The van der Waals surface area contributed by atoms with Gasteiger partial charge in [0.25, 0.3) is 0 Å². The average molecular weight is 399 g/mol. The molecule has 0 radical (unpaired) electrons. The van der Waals surface area contributed by atoms with Gasteiger partial charge in [-0.15, -0.1) is 0 Å². The van der Waals surface area contributed by atoms with Crippen molar-refractivity contribution in [3.63, 3.8) is 0 Å². The molecule has 1 unspecified atom stereocenters. The number of benzene rings is 2. The predicted octanol–water partition coefficient (Wildman–Crippen LogP) is 3.42. The van der Waals surface area contributed by atoms with Gasteiger partial charge in [-0.3, -0.25) is 4.79 Å². The molecule has 5 heteroatoms. The number of rotatable bonds is 13. The Kier molecular flexibility index (Phi) is 10.4. The van der Waals surface area contributed by atoms with E-state index in [0.717, 1.165) is 12.8 Å². The summed E-state index contributed by atoms with van der Waals surface area (Å²) in [5, 5.41) is 0. The molecule has 0 saturated heterocycles. The van der Waals surface area contributed by atoms with Gasteiger partial charge in [0.1, 0.15) is 0 Å². The van der Waals surface area contributed by atoms with Crippen LogP contribution in [0.3, 0.4) is 0 Å². The summed E-state index contributed by atoms with van der Waals surface area (Å²) in [4.78, 5) is 14.9.